The number of ether oxygens (including phenoxy) is 2. The summed E-state index contributed by atoms with van der Waals surface area (Å²) in [6.07, 6.45) is 2.59. The van der Waals surface area contributed by atoms with Crippen molar-refractivity contribution in [3.05, 3.63) is 77.9 Å². The van der Waals surface area contributed by atoms with Crippen molar-refractivity contribution >= 4 is 33.9 Å². The van der Waals surface area contributed by atoms with Gasteiger partial charge in [-0.05, 0) is 48.4 Å². The first-order valence-electron chi connectivity index (χ1n) is 13.8. The van der Waals surface area contributed by atoms with E-state index in [4.69, 9.17) is 23.9 Å². The van der Waals surface area contributed by atoms with Crippen molar-refractivity contribution in [2.45, 2.75) is 32.2 Å². The van der Waals surface area contributed by atoms with E-state index in [0.717, 1.165) is 78.5 Å². The van der Waals surface area contributed by atoms with Gasteiger partial charge in [-0.1, -0.05) is 12.1 Å². The number of carboxylic acids is 1. The van der Waals surface area contributed by atoms with Crippen molar-refractivity contribution in [3.63, 3.8) is 0 Å². The molecule has 0 saturated carbocycles. The molecule has 0 spiro atoms. The minimum Gasteiger partial charge on any atom is -0.478 e. The van der Waals surface area contributed by atoms with Crippen LogP contribution in [0.1, 0.15) is 28.2 Å². The van der Waals surface area contributed by atoms with Crippen molar-refractivity contribution < 1.29 is 23.8 Å². The number of piperazine rings is 1. The van der Waals surface area contributed by atoms with Gasteiger partial charge in [0.1, 0.15) is 23.8 Å². The molecule has 11 heteroatoms. The van der Waals surface area contributed by atoms with E-state index in [1.807, 2.05) is 36.4 Å². The predicted octanol–water partition coefficient (Wildman–Crippen LogP) is 3.96. The number of carbonyl (C=O) groups is 1. The Morgan fingerprint density at radius 1 is 1.02 bits per heavy atom. The molecule has 210 valence electrons. The Morgan fingerprint density at radius 3 is 2.68 bits per heavy atom. The maximum absolute atomic E-state index is 11.6. The van der Waals surface area contributed by atoms with Gasteiger partial charge < -0.3 is 28.5 Å². The van der Waals surface area contributed by atoms with Crippen LogP contribution in [-0.4, -0.2) is 74.4 Å². The molecule has 41 heavy (non-hydrogen) atoms. The Bertz CT molecular complexity index is 1700. The monoisotopic (exact) mass is 554 g/mol. The third-order valence-corrected chi connectivity index (χ3v) is 7.81. The van der Waals surface area contributed by atoms with E-state index in [0.29, 0.717) is 25.6 Å². The average molecular weight is 555 g/mol. The Balaban J connectivity index is 1.00. The number of anilines is 1. The number of rotatable bonds is 9. The number of hydrogen-bond acceptors (Lipinski definition) is 9. The molecule has 1 atom stereocenters. The molecule has 0 unspecified atom stereocenters. The predicted molar refractivity (Wildman–Crippen MR) is 151 cm³/mol. The SMILES string of the molecule is O=C(O)c1ccc2nc(CN3CCN(c4cccc(OCc5ccc6ncoc6c5)n4)CC3)n(C[C@@H]3CCO3)c2c1. The highest BCUT2D eigenvalue weighted by molar-refractivity contribution is 5.92. The topological polar surface area (TPSA) is 119 Å². The van der Waals surface area contributed by atoms with Crippen molar-refractivity contribution in [1.29, 1.82) is 0 Å². The van der Waals surface area contributed by atoms with Crippen LogP contribution >= 0.6 is 0 Å². The molecule has 11 nitrogen and oxygen atoms in total. The summed E-state index contributed by atoms with van der Waals surface area (Å²) in [5.41, 5.74) is 4.47. The zero-order valence-electron chi connectivity index (χ0n) is 22.5. The van der Waals surface area contributed by atoms with Crippen LogP contribution in [0.5, 0.6) is 5.88 Å². The van der Waals surface area contributed by atoms with Gasteiger partial charge in [0.15, 0.2) is 12.0 Å². The Labute approximate surface area is 235 Å². The van der Waals surface area contributed by atoms with Gasteiger partial charge in [0, 0.05) is 38.9 Å². The van der Waals surface area contributed by atoms with Gasteiger partial charge in [-0.15, -0.1) is 0 Å². The highest BCUT2D eigenvalue weighted by Crippen LogP contribution is 2.25. The molecular weight excluding hydrogens is 524 g/mol. The van der Waals surface area contributed by atoms with Crippen LogP contribution in [-0.2, 0) is 24.4 Å². The lowest BCUT2D eigenvalue weighted by Gasteiger charge is -2.35. The highest BCUT2D eigenvalue weighted by Gasteiger charge is 2.25. The van der Waals surface area contributed by atoms with E-state index in [-0.39, 0.29) is 11.7 Å². The fourth-order valence-electron chi connectivity index (χ4n) is 5.40. The zero-order chi connectivity index (χ0) is 27.8. The van der Waals surface area contributed by atoms with E-state index in [9.17, 15) is 9.90 Å². The Morgan fingerprint density at radius 2 is 1.88 bits per heavy atom. The van der Waals surface area contributed by atoms with E-state index >= 15 is 0 Å². The first-order valence-corrected chi connectivity index (χ1v) is 13.8. The summed E-state index contributed by atoms with van der Waals surface area (Å²) < 4.78 is 19.2. The summed E-state index contributed by atoms with van der Waals surface area (Å²) in [5.74, 6) is 1.47. The molecule has 3 aromatic heterocycles. The average Bonchev–Trinajstić information content (AvgIpc) is 3.57. The lowest BCUT2D eigenvalue weighted by Crippen LogP contribution is -2.46. The third-order valence-electron chi connectivity index (χ3n) is 7.81. The molecule has 2 fully saturated rings. The van der Waals surface area contributed by atoms with Gasteiger partial charge in [-0.3, -0.25) is 4.90 Å². The molecular formula is C30H30N6O5. The number of aromatic carboxylic acids is 1. The summed E-state index contributed by atoms with van der Waals surface area (Å²) in [7, 11) is 0. The number of oxazole rings is 1. The summed E-state index contributed by atoms with van der Waals surface area (Å²) >= 11 is 0. The molecule has 2 saturated heterocycles. The smallest absolute Gasteiger partial charge is 0.335 e. The second-order valence-electron chi connectivity index (χ2n) is 10.5. The number of benzene rings is 2. The summed E-state index contributed by atoms with van der Waals surface area (Å²) in [5, 5.41) is 9.50. The first kappa shape index (κ1) is 25.5. The van der Waals surface area contributed by atoms with Crippen LogP contribution in [0.2, 0.25) is 0 Å². The molecule has 2 aliphatic rings. The van der Waals surface area contributed by atoms with Crippen LogP contribution in [0.4, 0.5) is 5.82 Å². The maximum Gasteiger partial charge on any atom is 0.335 e. The second-order valence-corrected chi connectivity index (χ2v) is 10.5. The third kappa shape index (κ3) is 5.33. The Kier molecular flexibility index (Phi) is 6.73. The van der Waals surface area contributed by atoms with Gasteiger partial charge >= 0.3 is 5.97 Å². The zero-order valence-corrected chi connectivity index (χ0v) is 22.5. The van der Waals surface area contributed by atoms with Crippen LogP contribution in [0.15, 0.2) is 65.4 Å². The van der Waals surface area contributed by atoms with E-state index in [2.05, 4.69) is 19.4 Å². The van der Waals surface area contributed by atoms with Gasteiger partial charge in [-0.25, -0.2) is 14.8 Å². The normalized spacial score (nSPS) is 17.7. The number of pyridine rings is 1. The quantitative estimate of drug-likeness (QED) is 0.287. The molecule has 7 rings (SSSR count). The van der Waals surface area contributed by atoms with Gasteiger partial charge in [0.05, 0.1) is 35.8 Å². The minimum atomic E-state index is -0.937. The van der Waals surface area contributed by atoms with Gasteiger partial charge in [-0.2, -0.15) is 4.98 Å². The fraction of sp³-hybridized carbons (Fsp3) is 0.333. The van der Waals surface area contributed by atoms with Crippen LogP contribution in [0.25, 0.3) is 22.1 Å². The van der Waals surface area contributed by atoms with E-state index in [1.54, 1.807) is 18.2 Å². The molecule has 2 aliphatic heterocycles. The number of carboxylic acid groups (broad SMARTS) is 1. The molecule has 0 aliphatic carbocycles. The van der Waals surface area contributed by atoms with Gasteiger partial charge in [0.25, 0.3) is 0 Å². The fourth-order valence-corrected chi connectivity index (χ4v) is 5.40. The molecule has 5 heterocycles. The first-order chi connectivity index (χ1) is 20.1. The molecule has 2 aromatic carbocycles. The number of fused-ring (bicyclic) bond motifs is 2. The van der Waals surface area contributed by atoms with Crippen molar-refractivity contribution in [2.24, 2.45) is 0 Å². The molecule has 0 bridgehead atoms. The van der Waals surface area contributed by atoms with E-state index < -0.39 is 5.97 Å². The van der Waals surface area contributed by atoms with Crippen LogP contribution in [0, 0.1) is 0 Å². The maximum atomic E-state index is 11.6. The molecule has 5 aromatic rings. The number of aromatic nitrogens is 4. The molecule has 0 amide bonds. The molecule has 1 N–H and O–H groups in total. The lowest BCUT2D eigenvalue weighted by molar-refractivity contribution is -0.0592. The van der Waals surface area contributed by atoms with Crippen molar-refractivity contribution in [2.75, 3.05) is 37.7 Å². The van der Waals surface area contributed by atoms with Crippen LogP contribution in [0.3, 0.4) is 0 Å². The summed E-state index contributed by atoms with van der Waals surface area (Å²) in [6, 6.07) is 16.8. The number of imidazole rings is 1. The summed E-state index contributed by atoms with van der Waals surface area (Å²) in [4.78, 5) is 30.0. The largest absolute Gasteiger partial charge is 0.478 e. The minimum absolute atomic E-state index is 0.141. The van der Waals surface area contributed by atoms with Gasteiger partial charge in [0.2, 0.25) is 5.88 Å². The number of hydrogen-bond donors (Lipinski definition) is 1. The van der Waals surface area contributed by atoms with Crippen molar-refractivity contribution in [3.8, 4) is 5.88 Å². The number of nitrogens with zero attached hydrogens (tertiary/aromatic N) is 6. The Hall–Kier alpha value is -4.48. The lowest BCUT2D eigenvalue weighted by atomic mass is 10.1. The second kappa shape index (κ2) is 10.8. The van der Waals surface area contributed by atoms with Crippen LogP contribution < -0.4 is 9.64 Å². The highest BCUT2D eigenvalue weighted by atomic mass is 16.5. The molecule has 0 radical (unpaired) electrons. The summed E-state index contributed by atoms with van der Waals surface area (Å²) in [6.45, 7) is 5.89. The van der Waals surface area contributed by atoms with Crippen molar-refractivity contribution in [1.82, 2.24) is 24.4 Å². The van der Waals surface area contributed by atoms with E-state index in [1.165, 1.54) is 6.39 Å². The standard InChI is InChI=1S/C30H30N6O5/c37-30(38)21-5-7-23-25(15-21)36(16-22-8-13-39-22)28(32-23)17-34-9-11-35(12-10-34)27-2-1-3-29(33-27)40-18-20-4-6-24-26(14-20)41-19-31-24/h1-7,14-15,19,22H,8-13,16-18H2,(H,37,38)/t22-/m0/s1.